The molecule has 0 aromatic heterocycles. The van der Waals surface area contributed by atoms with Crippen molar-refractivity contribution >= 4 is 29.2 Å². The van der Waals surface area contributed by atoms with Gasteiger partial charge >= 0.3 is 6.03 Å². The van der Waals surface area contributed by atoms with Gasteiger partial charge in [-0.3, -0.25) is 10.1 Å². The van der Waals surface area contributed by atoms with Crippen LogP contribution in [0.4, 0.5) is 10.5 Å². The van der Waals surface area contributed by atoms with Gasteiger partial charge in [-0.2, -0.15) is 0 Å². The quantitative estimate of drug-likeness (QED) is 0.592. The molecule has 1 atom stereocenters. The van der Waals surface area contributed by atoms with Gasteiger partial charge in [-0.15, -0.1) is 0 Å². The molecule has 6 nitrogen and oxygen atoms in total. The number of carbonyl (C=O) groups is 2. The van der Waals surface area contributed by atoms with Gasteiger partial charge in [0.2, 0.25) is 0 Å². The fraction of sp³-hybridized carbons (Fsp3) is 0.125. The van der Waals surface area contributed by atoms with Crippen LogP contribution in [0.5, 0.6) is 5.75 Å². The molecule has 0 aliphatic carbocycles. The summed E-state index contributed by atoms with van der Waals surface area (Å²) in [7, 11) is 0. The van der Waals surface area contributed by atoms with E-state index in [2.05, 4.69) is 10.6 Å². The molecule has 0 fully saturated rings. The average Bonchev–Trinajstić information content (AvgIpc) is 2.49. The van der Waals surface area contributed by atoms with Gasteiger partial charge < -0.3 is 15.8 Å². The molecule has 7 heteroatoms. The van der Waals surface area contributed by atoms with Crippen molar-refractivity contribution in [3.8, 4) is 5.75 Å². The van der Waals surface area contributed by atoms with Crippen LogP contribution in [0.1, 0.15) is 17.3 Å². The van der Waals surface area contributed by atoms with Crippen molar-refractivity contribution in [3.63, 3.8) is 0 Å². The number of carbonyl (C=O) groups excluding carboxylic acids is 2. The molecule has 0 radical (unpaired) electrons. The summed E-state index contributed by atoms with van der Waals surface area (Å²) in [6.07, 6.45) is -0.642. The third-order valence-electron chi connectivity index (χ3n) is 2.89. The van der Waals surface area contributed by atoms with E-state index in [1.54, 1.807) is 49.4 Å². The number of para-hydroxylation sites is 1. The molecular formula is C16H16ClN3O3. The number of amides is 3. The van der Waals surface area contributed by atoms with Crippen molar-refractivity contribution in [2.45, 2.75) is 13.2 Å². The van der Waals surface area contributed by atoms with E-state index >= 15 is 0 Å². The summed E-state index contributed by atoms with van der Waals surface area (Å²) >= 11 is 5.78. The molecule has 0 aliphatic heterocycles. The summed E-state index contributed by atoms with van der Waals surface area (Å²) in [5.41, 5.74) is 6.21. The predicted molar refractivity (Wildman–Crippen MR) is 88.4 cm³/mol. The molecule has 2 rings (SSSR count). The van der Waals surface area contributed by atoms with Gasteiger partial charge in [0, 0.05) is 10.7 Å². The average molecular weight is 334 g/mol. The van der Waals surface area contributed by atoms with E-state index in [1.807, 2.05) is 0 Å². The monoisotopic (exact) mass is 333 g/mol. The third kappa shape index (κ3) is 4.89. The highest BCUT2D eigenvalue weighted by Gasteiger charge is 2.14. The summed E-state index contributed by atoms with van der Waals surface area (Å²) in [4.78, 5) is 23.8. The number of imide groups is 1. The van der Waals surface area contributed by atoms with Gasteiger partial charge in [-0.25, -0.2) is 4.79 Å². The second-order valence-electron chi connectivity index (χ2n) is 4.73. The largest absolute Gasteiger partial charge is 0.471 e. The third-order valence-corrected chi connectivity index (χ3v) is 3.15. The molecule has 0 saturated carbocycles. The van der Waals surface area contributed by atoms with Gasteiger partial charge in [0.1, 0.15) is 5.75 Å². The topological polar surface area (TPSA) is 93.5 Å². The van der Waals surface area contributed by atoms with Crippen LogP contribution in [0.15, 0.2) is 48.5 Å². The van der Waals surface area contributed by atoms with Crippen LogP contribution in [-0.4, -0.2) is 18.2 Å². The maximum absolute atomic E-state index is 11.9. The second-order valence-corrected chi connectivity index (χ2v) is 5.17. The number of halogens is 1. The Hall–Kier alpha value is -2.73. The highest BCUT2D eigenvalue weighted by atomic mass is 35.5. The minimum Gasteiger partial charge on any atom is -0.471 e. The van der Waals surface area contributed by atoms with Crippen molar-refractivity contribution in [3.05, 3.63) is 59.1 Å². The van der Waals surface area contributed by atoms with E-state index in [4.69, 9.17) is 22.1 Å². The van der Waals surface area contributed by atoms with Crippen LogP contribution >= 0.6 is 11.6 Å². The number of nitrogens with one attached hydrogen (secondary N) is 2. The number of benzene rings is 2. The highest BCUT2D eigenvalue weighted by molar-refractivity contribution is 6.30. The number of ether oxygens (including phenoxy) is 1. The van der Waals surface area contributed by atoms with Crippen molar-refractivity contribution in [1.29, 1.82) is 0 Å². The van der Waals surface area contributed by atoms with Crippen molar-refractivity contribution in [2.24, 2.45) is 0 Å². The molecule has 0 saturated heterocycles. The molecule has 2 aromatic rings. The maximum atomic E-state index is 11.9. The summed E-state index contributed by atoms with van der Waals surface area (Å²) < 4.78 is 5.48. The summed E-state index contributed by atoms with van der Waals surface area (Å²) in [5, 5.41) is 5.27. The Morgan fingerprint density at radius 3 is 2.43 bits per heavy atom. The molecule has 4 N–H and O–H groups in total. The fourth-order valence-corrected chi connectivity index (χ4v) is 1.97. The predicted octanol–water partition coefficient (Wildman–Crippen LogP) is 2.79. The van der Waals surface area contributed by atoms with Crippen LogP contribution < -0.4 is 21.1 Å². The molecule has 2 aromatic carbocycles. The van der Waals surface area contributed by atoms with E-state index in [9.17, 15) is 9.59 Å². The molecule has 120 valence electrons. The molecule has 0 bridgehead atoms. The van der Waals surface area contributed by atoms with E-state index < -0.39 is 18.2 Å². The zero-order valence-electron chi connectivity index (χ0n) is 12.4. The van der Waals surface area contributed by atoms with Crippen molar-refractivity contribution in [1.82, 2.24) is 10.6 Å². The SMILES string of the molecule is CC(NC(=O)NC(=O)c1ccccc1N)Oc1ccc(Cl)cc1. The summed E-state index contributed by atoms with van der Waals surface area (Å²) in [6.45, 7) is 1.63. The molecule has 1 unspecified atom stereocenters. The van der Waals surface area contributed by atoms with Gasteiger partial charge in [0.05, 0.1) is 5.56 Å². The molecule has 23 heavy (non-hydrogen) atoms. The Labute approximate surface area is 138 Å². The van der Waals surface area contributed by atoms with Crippen LogP contribution in [0.3, 0.4) is 0 Å². The Balaban J connectivity index is 1.87. The number of hydrogen-bond acceptors (Lipinski definition) is 4. The highest BCUT2D eigenvalue weighted by Crippen LogP contribution is 2.16. The lowest BCUT2D eigenvalue weighted by Crippen LogP contribution is -2.45. The molecule has 0 spiro atoms. The van der Waals surface area contributed by atoms with E-state index in [0.29, 0.717) is 16.5 Å². The van der Waals surface area contributed by atoms with Crippen molar-refractivity contribution < 1.29 is 14.3 Å². The maximum Gasteiger partial charge on any atom is 0.324 e. The number of nitrogens with two attached hydrogens (primary N) is 1. The van der Waals surface area contributed by atoms with E-state index in [1.165, 1.54) is 6.07 Å². The lowest BCUT2D eigenvalue weighted by Gasteiger charge is -2.16. The molecular weight excluding hydrogens is 318 g/mol. The van der Waals surface area contributed by atoms with Gasteiger partial charge in [0.15, 0.2) is 6.23 Å². The summed E-state index contributed by atoms with van der Waals surface area (Å²) in [5.74, 6) is -0.0416. The smallest absolute Gasteiger partial charge is 0.324 e. The number of nitrogen functional groups attached to an aromatic ring is 1. The Kier molecular flexibility index (Phi) is 5.43. The minimum absolute atomic E-state index is 0.230. The van der Waals surface area contributed by atoms with E-state index in [-0.39, 0.29) is 5.56 Å². The van der Waals surface area contributed by atoms with Gasteiger partial charge in [-0.1, -0.05) is 23.7 Å². The zero-order chi connectivity index (χ0) is 16.8. The Bertz CT molecular complexity index is 704. The van der Waals surface area contributed by atoms with Gasteiger partial charge in [-0.05, 0) is 43.3 Å². The molecule has 3 amide bonds. The first-order valence-corrected chi connectivity index (χ1v) is 7.22. The van der Waals surface area contributed by atoms with Crippen LogP contribution in [0.2, 0.25) is 5.02 Å². The second kappa shape index (κ2) is 7.51. The summed E-state index contributed by atoms with van der Waals surface area (Å²) in [6, 6.07) is 12.5. The first-order valence-electron chi connectivity index (χ1n) is 6.84. The minimum atomic E-state index is -0.681. The molecule has 0 heterocycles. The first kappa shape index (κ1) is 16.6. The zero-order valence-corrected chi connectivity index (χ0v) is 13.1. The normalized spacial score (nSPS) is 11.4. The fourth-order valence-electron chi connectivity index (χ4n) is 1.84. The van der Waals surface area contributed by atoms with Gasteiger partial charge in [0.25, 0.3) is 5.91 Å². The number of hydrogen-bond donors (Lipinski definition) is 3. The Morgan fingerprint density at radius 2 is 1.78 bits per heavy atom. The number of anilines is 1. The lowest BCUT2D eigenvalue weighted by atomic mass is 10.2. The Morgan fingerprint density at radius 1 is 1.13 bits per heavy atom. The standard InChI is InChI=1S/C16H16ClN3O3/c1-10(23-12-8-6-11(17)7-9-12)19-16(22)20-15(21)13-4-2-3-5-14(13)18/h2-10H,18H2,1H3,(H2,19,20,21,22). The number of rotatable bonds is 4. The van der Waals surface area contributed by atoms with Crippen LogP contribution in [0, 0.1) is 0 Å². The first-order chi connectivity index (χ1) is 11.0. The lowest BCUT2D eigenvalue weighted by molar-refractivity contribution is 0.0959. The molecule has 0 aliphatic rings. The van der Waals surface area contributed by atoms with E-state index in [0.717, 1.165) is 0 Å². The van der Waals surface area contributed by atoms with Crippen molar-refractivity contribution in [2.75, 3.05) is 5.73 Å². The van der Waals surface area contributed by atoms with Crippen LogP contribution in [-0.2, 0) is 0 Å². The number of urea groups is 1. The van der Waals surface area contributed by atoms with Crippen LogP contribution in [0.25, 0.3) is 0 Å².